The third kappa shape index (κ3) is 3.54. The van der Waals surface area contributed by atoms with E-state index < -0.39 is 0 Å². The van der Waals surface area contributed by atoms with Crippen molar-refractivity contribution in [3.8, 4) is 0 Å². The van der Waals surface area contributed by atoms with E-state index in [0.717, 1.165) is 11.4 Å². The molecule has 0 aromatic heterocycles. The molecule has 2 rings (SSSR count). The number of hydrogen-bond acceptors (Lipinski definition) is 3. The van der Waals surface area contributed by atoms with Gasteiger partial charge in [0.05, 0.1) is 11.4 Å². The lowest BCUT2D eigenvalue weighted by molar-refractivity contribution is 0.0963. The zero-order chi connectivity index (χ0) is 15.4. The average molecular weight is 283 g/mol. The van der Waals surface area contributed by atoms with Crippen LogP contribution in [0.3, 0.4) is 0 Å². The third-order valence-corrected chi connectivity index (χ3v) is 3.40. The molecule has 0 aliphatic rings. The van der Waals surface area contributed by atoms with Crippen LogP contribution < -0.4 is 16.4 Å². The number of rotatable bonds is 4. The highest BCUT2D eigenvalue weighted by atomic mass is 16.1. The Balaban J connectivity index is 2.24. The van der Waals surface area contributed by atoms with Gasteiger partial charge in [0, 0.05) is 18.3 Å². The van der Waals surface area contributed by atoms with E-state index in [4.69, 9.17) is 5.73 Å². The topological polar surface area (TPSA) is 67.2 Å². The number of nitrogens with two attached hydrogens (primary N) is 1. The lowest BCUT2D eigenvalue weighted by atomic mass is 10.0. The molecule has 0 radical (unpaired) electrons. The van der Waals surface area contributed by atoms with E-state index in [1.807, 2.05) is 12.1 Å². The molecule has 0 unspecified atom stereocenters. The standard InChI is InChI=1S/C17H21N3O/c1-11(2)12-4-7-14(8-5-12)20-16-10-13(17(21)19-3)6-9-15(16)18/h4-11,20H,18H2,1-3H3,(H,19,21). The maximum atomic E-state index is 11.7. The Kier molecular flexibility index (Phi) is 4.48. The molecule has 110 valence electrons. The van der Waals surface area contributed by atoms with Crippen LogP contribution in [-0.2, 0) is 0 Å². The summed E-state index contributed by atoms with van der Waals surface area (Å²) in [6, 6.07) is 13.4. The summed E-state index contributed by atoms with van der Waals surface area (Å²) in [6.45, 7) is 4.32. The predicted octanol–water partition coefficient (Wildman–Crippen LogP) is 3.50. The molecule has 4 N–H and O–H groups in total. The molecule has 0 bridgehead atoms. The van der Waals surface area contributed by atoms with Crippen molar-refractivity contribution in [2.45, 2.75) is 19.8 Å². The monoisotopic (exact) mass is 283 g/mol. The van der Waals surface area contributed by atoms with Crippen molar-refractivity contribution in [3.05, 3.63) is 53.6 Å². The third-order valence-electron chi connectivity index (χ3n) is 3.40. The first-order valence-corrected chi connectivity index (χ1v) is 7.00. The highest BCUT2D eigenvalue weighted by molar-refractivity contribution is 5.96. The first-order chi connectivity index (χ1) is 10.0. The van der Waals surface area contributed by atoms with Crippen molar-refractivity contribution in [2.24, 2.45) is 0 Å². The molecule has 2 aromatic rings. The van der Waals surface area contributed by atoms with Crippen LogP contribution in [0.2, 0.25) is 0 Å². The molecular formula is C17H21N3O. The fourth-order valence-electron chi connectivity index (χ4n) is 2.06. The first kappa shape index (κ1) is 14.9. The van der Waals surface area contributed by atoms with Gasteiger partial charge in [-0.1, -0.05) is 26.0 Å². The Labute approximate surface area is 125 Å². The minimum absolute atomic E-state index is 0.131. The zero-order valence-corrected chi connectivity index (χ0v) is 12.6. The van der Waals surface area contributed by atoms with Gasteiger partial charge in [-0.2, -0.15) is 0 Å². The van der Waals surface area contributed by atoms with Gasteiger partial charge >= 0.3 is 0 Å². The van der Waals surface area contributed by atoms with Gasteiger partial charge in [-0.15, -0.1) is 0 Å². The molecule has 0 spiro atoms. The molecule has 0 aliphatic carbocycles. The van der Waals surface area contributed by atoms with Crippen LogP contribution in [0.5, 0.6) is 0 Å². The van der Waals surface area contributed by atoms with E-state index in [9.17, 15) is 4.79 Å². The van der Waals surface area contributed by atoms with E-state index in [2.05, 4.69) is 36.6 Å². The van der Waals surface area contributed by atoms with Crippen LogP contribution in [0.15, 0.2) is 42.5 Å². The summed E-state index contributed by atoms with van der Waals surface area (Å²) in [5.41, 5.74) is 10.1. The van der Waals surface area contributed by atoms with Gasteiger partial charge in [0.2, 0.25) is 0 Å². The van der Waals surface area contributed by atoms with Gasteiger partial charge in [-0.3, -0.25) is 4.79 Å². The molecule has 1 amide bonds. The minimum atomic E-state index is -0.131. The Hall–Kier alpha value is -2.49. The van der Waals surface area contributed by atoms with Crippen molar-refractivity contribution in [2.75, 3.05) is 18.1 Å². The summed E-state index contributed by atoms with van der Waals surface area (Å²) < 4.78 is 0. The van der Waals surface area contributed by atoms with E-state index in [-0.39, 0.29) is 5.91 Å². The van der Waals surface area contributed by atoms with Gasteiger partial charge in [0.1, 0.15) is 0 Å². The van der Waals surface area contributed by atoms with Crippen LogP contribution in [0.25, 0.3) is 0 Å². The molecule has 0 atom stereocenters. The maximum Gasteiger partial charge on any atom is 0.251 e. The van der Waals surface area contributed by atoms with Crippen molar-refractivity contribution in [1.82, 2.24) is 5.32 Å². The molecule has 0 saturated carbocycles. The molecule has 4 heteroatoms. The predicted molar refractivity (Wildman–Crippen MR) is 88.1 cm³/mol. The fourth-order valence-corrected chi connectivity index (χ4v) is 2.06. The second-order valence-corrected chi connectivity index (χ2v) is 5.28. The van der Waals surface area contributed by atoms with Gasteiger partial charge in [-0.25, -0.2) is 0 Å². The highest BCUT2D eigenvalue weighted by Crippen LogP contribution is 2.25. The summed E-state index contributed by atoms with van der Waals surface area (Å²) in [5.74, 6) is 0.369. The van der Waals surface area contributed by atoms with Crippen molar-refractivity contribution in [3.63, 3.8) is 0 Å². The van der Waals surface area contributed by atoms with Crippen LogP contribution in [0.1, 0.15) is 35.7 Å². The van der Waals surface area contributed by atoms with Crippen LogP contribution in [0.4, 0.5) is 17.1 Å². The second-order valence-electron chi connectivity index (χ2n) is 5.28. The van der Waals surface area contributed by atoms with Crippen molar-refractivity contribution in [1.29, 1.82) is 0 Å². The largest absolute Gasteiger partial charge is 0.397 e. The van der Waals surface area contributed by atoms with E-state index in [1.165, 1.54) is 5.56 Å². The average Bonchev–Trinajstić information content (AvgIpc) is 2.49. The Bertz CT molecular complexity index is 633. The van der Waals surface area contributed by atoms with E-state index >= 15 is 0 Å². The van der Waals surface area contributed by atoms with Crippen molar-refractivity contribution < 1.29 is 4.79 Å². The Morgan fingerprint density at radius 3 is 2.33 bits per heavy atom. The van der Waals surface area contributed by atoms with Gasteiger partial charge < -0.3 is 16.4 Å². The molecule has 0 fully saturated rings. The second kappa shape index (κ2) is 6.31. The van der Waals surface area contributed by atoms with Gasteiger partial charge in [0.25, 0.3) is 5.91 Å². The number of nitrogen functional groups attached to an aromatic ring is 1. The molecule has 0 saturated heterocycles. The lowest BCUT2D eigenvalue weighted by Crippen LogP contribution is -2.17. The Morgan fingerprint density at radius 1 is 1.10 bits per heavy atom. The molecule has 2 aromatic carbocycles. The van der Waals surface area contributed by atoms with Gasteiger partial charge in [-0.05, 0) is 41.8 Å². The molecular weight excluding hydrogens is 262 g/mol. The van der Waals surface area contributed by atoms with Gasteiger partial charge in [0.15, 0.2) is 0 Å². The zero-order valence-electron chi connectivity index (χ0n) is 12.6. The summed E-state index contributed by atoms with van der Waals surface area (Å²) in [6.07, 6.45) is 0. The maximum absolute atomic E-state index is 11.7. The summed E-state index contributed by atoms with van der Waals surface area (Å²) in [5, 5.41) is 5.86. The van der Waals surface area contributed by atoms with Crippen LogP contribution in [0, 0.1) is 0 Å². The normalized spacial score (nSPS) is 10.5. The number of carbonyl (C=O) groups is 1. The number of amides is 1. The van der Waals surface area contributed by atoms with Crippen molar-refractivity contribution >= 4 is 23.0 Å². The fraction of sp³-hybridized carbons (Fsp3) is 0.235. The molecule has 21 heavy (non-hydrogen) atoms. The molecule has 4 nitrogen and oxygen atoms in total. The summed E-state index contributed by atoms with van der Waals surface area (Å²) in [4.78, 5) is 11.7. The quantitative estimate of drug-likeness (QED) is 0.752. The highest BCUT2D eigenvalue weighted by Gasteiger charge is 2.07. The number of benzene rings is 2. The SMILES string of the molecule is CNC(=O)c1ccc(N)c(Nc2ccc(C(C)C)cc2)c1. The van der Waals surface area contributed by atoms with Crippen LogP contribution >= 0.6 is 0 Å². The smallest absolute Gasteiger partial charge is 0.251 e. The number of anilines is 3. The van der Waals surface area contributed by atoms with E-state index in [0.29, 0.717) is 17.2 Å². The Morgan fingerprint density at radius 2 is 1.76 bits per heavy atom. The minimum Gasteiger partial charge on any atom is -0.397 e. The number of hydrogen-bond donors (Lipinski definition) is 3. The van der Waals surface area contributed by atoms with Crippen LogP contribution in [-0.4, -0.2) is 13.0 Å². The molecule has 0 aliphatic heterocycles. The summed E-state index contributed by atoms with van der Waals surface area (Å²) in [7, 11) is 1.61. The number of nitrogens with one attached hydrogen (secondary N) is 2. The first-order valence-electron chi connectivity index (χ1n) is 7.00. The molecule has 0 heterocycles. The summed E-state index contributed by atoms with van der Waals surface area (Å²) >= 11 is 0. The number of carbonyl (C=O) groups excluding carboxylic acids is 1. The lowest BCUT2D eigenvalue weighted by Gasteiger charge is -2.12. The van der Waals surface area contributed by atoms with E-state index in [1.54, 1.807) is 25.2 Å².